The second kappa shape index (κ2) is 7.69. The number of methoxy groups -OCH3 is 1. The maximum atomic E-state index is 12.7. The molecular formula is C19H28N2O3. The first-order valence-corrected chi connectivity index (χ1v) is 8.52. The topological polar surface area (TPSA) is 58.6 Å². The number of nitrogens with zero attached hydrogens (tertiary/aromatic N) is 1. The Labute approximate surface area is 144 Å². The van der Waals surface area contributed by atoms with E-state index >= 15 is 0 Å². The zero-order valence-electron chi connectivity index (χ0n) is 15.1. The third kappa shape index (κ3) is 4.73. The highest BCUT2D eigenvalue weighted by Crippen LogP contribution is 2.21. The van der Waals surface area contributed by atoms with Gasteiger partial charge in [-0.05, 0) is 51.2 Å². The summed E-state index contributed by atoms with van der Waals surface area (Å²) < 4.78 is 4.77. The molecule has 1 atom stereocenters. The van der Waals surface area contributed by atoms with Crippen molar-refractivity contribution in [2.24, 2.45) is 5.92 Å². The zero-order chi connectivity index (χ0) is 17.7. The van der Waals surface area contributed by atoms with Crippen molar-refractivity contribution in [1.82, 2.24) is 10.2 Å². The molecule has 1 N–H and O–H groups in total. The maximum absolute atomic E-state index is 12.7. The number of likely N-dealkylation sites (tertiary alicyclic amines) is 1. The lowest BCUT2D eigenvalue weighted by molar-refractivity contribution is -0.128. The van der Waals surface area contributed by atoms with Crippen LogP contribution < -0.4 is 5.32 Å². The first-order chi connectivity index (χ1) is 11.3. The molecule has 1 aromatic carbocycles. The summed E-state index contributed by atoms with van der Waals surface area (Å²) in [5, 5.41) is 3.16. The maximum Gasteiger partial charge on any atom is 0.409 e. The molecular weight excluding hydrogens is 304 g/mol. The molecule has 0 aromatic heterocycles. The number of carbonyl (C=O) groups is 2. The van der Waals surface area contributed by atoms with E-state index < -0.39 is 0 Å². The van der Waals surface area contributed by atoms with Crippen LogP contribution in [0.25, 0.3) is 0 Å². The largest absolute Gasteiger partial charge is 0.453 e. The Bertz CT molecular complexity index is 598. The van der Waals surface area contributed by atoms with Crippen LogP contribution in [-0.2, 0) is 16.0 Å². The van der Waals surface area contributed by atoms with Gasteiger partial charge in [0.1, 0.15) is 0 Å². The Hall–Kier alpha value is -2.04. The zero-order valence-corrected chi connectivity index (χ0v) is 15.1. The average Bonchev–Trinajstić information content (AvgIpc) is 2.55. The van der Waals surface area contributed by atoms with Crippen molar-refractivity contribution in [2.45, 2.75) is 45.6 Å². The first-order valence-electron chi connectivity index (χ1n) is 8.52. The molecule has 0 unspecified atom stereocenters. The van der Waals surface area contributed by atoms with E-state index in [0.29, 0.717) is 13.1 Å². The molecule has 2 rings (SSSR count). The van der Waals surface area contributed by atoms with Gasteiger partial charge in [-0.25, -0.2) is 4.79 Å². The van der Waals surface area contributed by atoms with Gasteiger partial charge in [0.2, 0.25) is 5.91 Å². The van der Waals surface area contributed by atoms with Crippen LogP contribution >= 0.6 is 0 Å². The molecule has 0 spiro atoms. The fraction of sp³-hybridized carbons (Fsp3) is 0.579. The van der Waals surface area contributed by atoms with Crippen molar-refractivity contribution < 1.29 is 14.3 Å². The molecule has 132 valence electrons. The van der Waals surface area contributed by atoms with E-state index in [0.717, 1.165) is 19.3 Å². The normalized spacial score (nSPS) is 18.2. The number of ether oxygens (including phenoxy) is 1. The second-order valence-electron chi connectivity index (χ2n) is 7.23. The molecule has 1 aliphatic rings. The highest BCUT2D eigenvalue weighted by Gasteiger charge is 2.31. The molecule has 1 heterocycles. The molecule has 2 amide bonds. The van der Waals surface area contributed by atoms with Gasteiger partial charge < -0.3 is 15.0 Å². The number of nitrogens with one attached hydrogen (secondary N) is 1. The van der Waals surface area contributed by atoms with Gasteiger partial charge in [0.15, 0.2) is 0 Å². The lowest BCUT2D eigenvalue weighted by atomic mass is 9.90. The summed E-state index contributed by atoms with van der Waals surface area (Å²) in [7, 11) is 1.37. The minimum Gasteiger partial charge on any atom is -0.453 e. The van der Waals surface area contributed by atoms with Gasteiger partial charge in [0.05, 0.1) is 13.0 Å². The number of hydrogen-bond donors (Lipinski definition) is 1. The summed E-state index contributed by atoms with van der Waals surface area (Å²) in [4.78, 5) is 25.9. The molecule has 1 saturated heterocycles. The van der Waals surface area contributed by atoms with Crippen LogP contribution in [0.4, 0.5) is 4.79 Å². The Morgan fingerprint density at radius 3 is 2.71 bits per heavy atom. The predicted molar refractivity (Wildman–Crippen MR) is 93.8 cm³/mol. The van der Waals surface area contributed by atoms with Crippen LogP contribution in [-0.4, -0.2) is 42.6 Å². The van der Waals surface area contributed by atoms with Gasteiger partial charge in [-0.3, -0.25) is 4.79 Å². The van der Waals surface area contributed by atoms with Crippen LogP contribution in [0, 0.1) is 12.8 Å². The summed E-state index contributed by atoms with van der Waals surface area (Å²) in [6.07, 6.45) is 2.05. The summed E-state index contributed by atoms with van der Waals surface area (Å²) in [5.41, 5.74) is 2.13. The van der Waals surface area contributed by atoms with E-state index in [-0.39, 0.29) is 23.5 Å². The molecule has 1 aromatic rings. The second-order valence-corrected chi connectivity index (χ2v) is 7.23. The fourth-order valence-corrected chi connectivity index (χ4v) is 3.25. The van der Waals surface area contributed by atoms with Gasteiger partial charge in [0.25, 0.3) is 0 Å². The monoisotopic (exact) mass is 332 g/mol. The number of benzene rings is 1. The van der Waals surface area contributed by atoms with Crippen LogP contribution in [0.1, 0.15) is 37.8 Å². The molecule has 0 saturated carbocycles. The van der Waals surface area contributed by atoms with Gasteiger partial charge in [-0.2, -0.15) is 0 Å². The Kier molecular flexibility index (Phi) is 5.86. The fourth-order valence-electron chi connectivity index (χ4n) is 3.25. The van der Waals surface area contributed by atoms with E-state index in [9.17, 15) is 9.59 Å². The van der Waals surface area contributed by atoms with Gasteiger partial charge in [-0.1, -0.05) is 24.3 Å². The van der Waals surface area contributed by atoms with Crippen molar-refractivity contribution in [3.05, 3.63) is 35.4 Å². The number of rotatable bonds is 4. The lowest BCUT2D eigenvalue weighted by Crippen LogP contribution is -2.51. The third-order valence-corrected chi connectivity index (χ3v) is 4.58. The van der Waals surface area contributed by atoms with Crippen LogP contribution in [0.5, 0.6) is 0 Å². The van der Waals surface area contributed by atoms with Crippen LogP contribution in [0.2, 0.25) is 0 Å². The summed E-state index contributed by atoms with van der Waals surface area (Å²) >= 11 is 0. The highest BCUT2D eigenvalue weighted by molar-refractivity contribution is 5.80. The number of aryl methyl sites for hydroxylation is 1. The number of hydrogen-bond acceptors (Lipinski definition) is 3. The standard InChI is InChI=1S/C19H28N2O3/c1-14-8-5-6-9-15(14)12-19(2,3)20-17(22)16-10-7-11-21(13-16)18(23)24-4/h5-6,8-9,16H,7,10-13H2,1-4H3,(H,20,22)/t16-/m1/s1. The predicted octanol–water partition coefficient (Wildman–Crippen LogP) is 2.91. The van der Waals surface area contributed by atoms with Gasteiger partial charge in [0, 0.05) is 18.6 Å². The molecule has 0 radical (unpaired) electrons. The molecule has 0 aliphatic carbocycles. The molecule has 1 aliphatic heterocycles. The van der Waals surface area contributed by atoms with Crippen LogP contribution in [0.15, 0.2) is 24.3 Å². The van der Waals surface area contributed by atoms with E-state index in [1.807, 2.05) is 26.0 Å². The summed E-state index contributed by atoms with van der Waals surface area (Å²) in [6.45, 7) is 7.25. The Balaban J connectivity index is 1.97. The lowest BCUT2D eigenvalue weighted by Gasteiger charge is -2.34. The van der Waals surface area contributed by atoms with Gasteiger partial charge in [-0.15, -0.1) is 0 Å². The molecule has 24 heavy (non-hydrogen) atoms. The Morgan fingerprint density at radius 2 is 2.04 bits per heavy atom. The van der Waals surface area contributed by atoms with Crippen molar-refractivity contribution in [3.8, 4) is 0 Å². The first kappa shape index (κ1) is 18.3. The minimum absolute atomic E-state index is 0.0159. The SMILES string of the molecule is COC(=O)N1CCC[C@@H](C(=O)NC(C)(C)Cc2ccccc2C)C1. The smallest absolute Gasteiger partial charge is 0.409 e. The van der Waals surface area contributed by atoms with E-state index in [4.69, 9.17) is 4.74 Å². The number of amides is 2. The molecule has 5 heteroatoms. The average molecular weight is 332 g/mol. The minimum atomic E-state index is -0.355. The molecule has 5 nitrogen and oxygen atoms in total. The summed E-state index contributed by atoms with van der Waals surface area (Å²) in [6, 6.07) is 8.23. The van der Waals surface area contributed by atoms with Gasteiger partial charge >= 0.3 is 6.09 Å². The van der Waals surface area contributed by atoms with Crippen molar-refractivity contribution in [3.63, 3.8) is 0 Å². The van der Waals surface area contributed by atoms with E-state index in [2.05, 4.69) is 24.4 Å². The quantitative estimate of drug-likeness (QED) is 0.922. The van der Waals surface area contributed by atoms with Crippen molar-refractivity contribution in [1.29, 1.82) is 0 Å². The summed E-state index contributed by atoms with van der Waals surface area (Å²) in [5.74, 6) is -0.156. The number of carbonyl (C=O) groups excluding carboxylic acids is 2. The Morgan fingerprint density at radius 1 is 1.33 bits per heavy atom. The van der Waals surface area contributed by atoms with Crippen molar-refractivity contribution in [2.75, 3.05) is 20.2 Å². The highest BCUT2D eigenvalue weighted by atomic mass is 16.5. The number of piperidine rings is 1. The van der Waals surface area contributed by atoms with Crippen LogP contribution in [0.3, 0.4) is 0 Å². The van der Waals surface area contributed by atoms with E-state index in [1.165, 1.54) is 18.2 Å². The molecule has 0 bridgehead atoms. The third-order valence-electron chi connectivity index (χ3n) is 4.58. The van der Waals surface area contributed by atoms with E-state index in [1.54, 1.807) is 4.90 Å². The van der Waals surface area contributed by atoms with Crippen molar-refractivity contribution >= 4 is 12.0 Å². The molecule has 1 fully saturated rings.